The van der Waals surface area contributed by atoms with Crippen LogP contribution in [-0.4, -0.2) is 30.1 Å². The quantitative estimate of drug-likeness (QED) is 0.197. The zero-order valence-corrected chi connectivity index (χ0v) is 22.5. The molecule has 3 N–H and O–H groups in total. The topological polar surface area (TPSA) is 88.7 Å². The zero-order valence-electron chi connectivity index (χ0n) is 18.5. The van der Waals surface area contributed by atoms with Crippen LogP contribution < -0.4 is 25.6 Å². The highest BCUT2D eigenvalue weighted by Gasteiger charge is 2.15. The van der Waals surface area contributed by atoms with Crippen molar-refractivity contribution in [3.63, 3.8) is 0 Å². The minimum absolute atomic E-state index is 0.0537. The Morgan fingerprint density at radius 3 is 2.33 bits per heavy atom. The average molecular weight is 601 g/mol. The van der Waals surface area contributed by atoms with E-state index in [1.165, 1.54) is 0 Å². The van der Waals surface area contributed by atoms with Gasteiger partial charge >= 0.3 is 0 Å². The van der Waals surface area contributed by atoms with Crippen LogP contribution in [0, 0.1) is 6.92 Å². The number of thiocarbonyl (C=S) groups is 1. The van der Waals surface area contributed by atoms with Gasteiger partial charge in [-0.3, -0.25) is 25.8 Å². The zero-order chi connectivity index (χ0) is 24.2. The predicted octanol–water partition coefficient (Wildman–Crippen LogP) is 5.19. The van der Waals surface area contributed by atoms with E-state index in [2.05, 4.69) is 55.0 Å². The molecule has 10 heteroatoms. The largest absolute Gasteiger partial charge is 0.493 e. The number of hydrazine groups is 1. The van der Waals surface area contributed by atoms with Crippen molar-refractivity contribution in [2.24, 2.45) is 0 Å². The molecular weight excluding hydrogens is 574 g/mol. The number of carbonyl (C=O) groups excluding carboxylic acids is 2. The summed E-state index contributed by atoms with van der Waals surface area (Å²) >= 11 is 11.9. The molecular formula is C23H27Br2N3O4S. The van der Waals surface area contributed by atoms with E-state index in [0.29, 0.717) is 23.7 Å². The summed E-state index contributed by atoms with van der Waals surface area (Å²) in [7, 11) is 0. The smallest absolute Gasteiger partial charge is 0.276 e. The van der Waals surface area contributed by atoms with Crippen LogP contribution in [0.1, 0.15) is 48.5 Å². The molecule has 0 saturated heterocycles. The van der Waals surface area contributed by atoms with Gasteiger partial charge in [0.15, 0.2) is 11.7 Å². The van der Waals surface area contributed by atoms with Crippen molar-refractivity contribution in [2.45, 2.75) is 39.5 Å². The molecule has 178 valence electrons. The number of hydrogen-bond acceptors (Lipinski definition) is 5. The van der Waals surface area contributed by atoms with Crippen LogP contribution in [0.25, 0.3) is 0 Å². The molecule has 2 aromatic rings. The molecule has 2 rings (SSSR count). The van der Waals surface area contributed by atoms with Crippen LogP contribution in [-0.2, 0) is 4.79 Å². The first-order valence-corrected chi connectivity index (χ1v) is 12.5. The van der Waals surface area contributed by atoms with Gasteiger partial charge in [0.1, 0.15) is 11.5 Å². The monoisotopic (exact) mass is 599 g/mol. The van der Waals surface area contributed by atoms with Gasteiger partial charge in [-0.2, -0.15) is 0 Å². The van der Waals surface area contributed by atoms with Gasteiger partial charge in [-0.15, -0.1) is 0 Å². The van der Waals surface area contributed by atoms with E-state index in [-0.39, 0.29) is 11.7 Å². The molecule has 0 radical (unpaired) electrons. The molecule has 0 aliphatic heterocycles. The van der Waals surface area contributed by atoms with E-state index >= 15 is 0 Å². The van der Waals surface area contributed by atoms with Gasteiger partial charge < -0.3 is 9.47 Å². The van der Waals surface area contributed by atoms with Gasteiger partial charge in [0.05, 0.1) is 12.2 Å². The lowest BCUT2D eigenvalue weighted by atomic mass is 10.2. The van der Waals surface area contributed by atoms with Crippen LogP contribution in [0.2, 0.25) is 0 Å². The first-order chi connectivity index (χ1) is 15.8. The molecule has 7 nitrogen and oxygen atoms in total. The Morgan fingerprint density at radius 2 is 1.64 bits per heavy atom. The van der Waals surface area contributed by atoms with Crippen LogP contribution in [0.5, 0.6) is 11.5 Å². The standard InChI is InChI=1S/C23H27Br2N3O4S/c1-3-4-5-6-11-31-20-10-8-17(25)13-18(20)22(30)26-23(33)28-27-21(29)14-32-19-9-7-16(24)12-15(19)2/h7-10,12-13H,3-6,11,14H2,1-2H3,(H,27,29)(H2,26,28,30,33). The summed E-state index contributed by atoms with van der Waals surface area (Å²) in [6.07, 6.45) is 4.28. The number of halogens is 2. The molecule has 0 fully saturated rings. The SMILES string of the molecule is CCCCCCOc1ccc(Br)cc1C(=O)NC(=S)NNC(=O)COc1ccc(Br)cc1C. The molecule has 0 atom stereocenters. The maximum Gasteiger partial charge on any atom is 0.276 e. The van der Waals surface area contributed by atoms with Gasteiger partial charge in [0.2, 0.25) is 0 Å². The van der Waals surface area contributed by atoms with E-state index < -0.39 is 11.8 Å². The Kier molecular flexibility index (Phi) is 11.6. The van der Waals surface area contributed by atoms with Gasteiger partial charge in [-0.05, 0) is 67.5 Å². The normalized spacial score (nSPS) is 10.3. The molecule has 0 unspecified atom stereocenters. The second-order valence-corrected chi connectivity index (χ2v) is 9.44. The summed E-state index contributed by atoms with van der Waals surface area (Å²) in [6, 6.07) is 10.7. The van der Waals surface area contributed by atoms with Gasteiger partial charge in [0, 0.05) is 8.95 Å². The van der Waals surface area contributed by atoms with Crippen LogP contribution >= 0.6 is 44.1 Å². The molecule has 0 aliphatic carbocycles. The molecule has 2 amide bonds. The number of aryl methyl sites for hydroxylation is 1. The molecule has 0 spiro atoms. The fraction of sp³-hybridized carbons (Fsp3) is 0.348. The number of carbonyl (C=O) groups is 2. The number of rotatable bonds is 10. The first kappa shape index (κ1) is 27.1. The van der Waals surface area contributed by atoms with Crippen molar-refractivity contribution in [2.75, 3.05) is 13.2 Å². The molecule has 0 aliphatic rings. The average Bonchev–Trinajstić information content (AvgIpc) is 2.77. The molecule has 33 heavy (non-hydrogen) atoms. The third kappa shape index (κ3) is 9.69. The minimum atomic E-state index is -0.451. The summed E-state index contributed by atoms with van der Waals surface area (Å²) in [5.74, 6) is 0.166. The van der Waals surface area contributed by atoms with Crippen molar-refractivity contribution < 1.29 is 19.1 Å². The summed E-state index contributed by atoms with van der Waals surface area (Å²) in [4.78, 5) is 24.7. The lowest BCUT2D eigenvalue weighted by molar-refractivity contribution is -0.123. The minimum Gasteiger partial charge on any atom is -0.493 e. The number of nitrogens with one attached hydrogen (secondary N) is 3. The molecule has 0 bridgehead atoms. The van der Waals surface area contributed by atoms with E-state index in [1.54, 1.807) is 18.2 Å². The molecule has 0 heterocycles. The fourth-order valence-electron chi connectivity index (χ4n) is 2.80. The van der Waals surface area contributed by atoms with Crippen molar-refractivity contribution in [3.8, 4) is 11.5 Å². The van der Waals surface area contributed by atoms with E-state index in [4.69, 9.17) is 21.7 Å². The van der Waals surface area contributed by atoms with Gasteiger partial charge in [-0.25, -0.2) is 0 Å². The van der Waals surface area contributed by atoms with Crippen molar-refractivity contribution >= 4 is 61.0 Å². The van der Waals surface area contributed by atoms with E-state index in [1.807, 2.05) is 25.1 Å². The number of ether oxygens (including phenoxy) is 2. The Balaban J connectivity index is 1.82. The highest BCUT2D eigenvalue weighted by molar-refractivity contribution is 9.10. The number of amides is 2. The van der Waals surface area contributed by atoms with Gasteiger partial charge in [-0.1, -0.05) is 58.0 Å². The first-order valence-electron chi connectivity index (χ1n) is 10.5. The highest BCUT2D eigenvalue weighted by atomic mass is 79.9. The molecule has 0 saturated carbocycles. The third-order valence-corrected chi connectivity index (χ3v) is 5.67. The maximum atomic E-state index is 12.7. The number of unbranched alkanes of at least 4 members (excludes halogenated alkanes) is 3. The molecule has 2 aromatic carbocycles. The summed E-state index contributed by atoms with van der Waals surface area (Å²) < 4.78 is 13.0. The summed E-state index contributed by atoms with van der Waals surface area (Å²) in [5.41, 5.74) is 6.14. The predicted molar refractivity (Wildman–Crippen MR) is 139 cm³/mol. The number of benzene rings is 2. The summed E-state index contributed by atoms with van der Waals surface area (Å²) in [6.45, 7) is 4.34. The van der Waals surface area contributed by atoms with E-state index in [0.717, 1.165) is 40.2 Å². The number of hydrogen-bond donors (Lipinski definition) is 3. The van der Waals surface area contributed by atoms with E-state index in [9.17, 15) is 9.59 Å². The van der Waals surface area contributed by atoms with Crippen LogP contribution in [0.4, 0.5) is 0 Å². The van der Waals surface area contributed by atoms with Crippen molar-refractivity contribution in [3.05, 3.63) is 56.5 Å². The Hall–Kier alpha value is -2.17. The lowest BCUT2D eigenvalue weighted by Gasteiger charge is -2.14. The lowest BCUT2D eigenvalue weighted by Crippen LogP contribution is -2.49. The Morgan fingerprint density at radius 1 is 0.939 bits per heavy atom. The molecule has 0 aromatic heterocycles. The summed E-state index contributed by atoms with van der Waals surface area (Å²) in [5, 5.41) is 2.49. The van der Waals surface area contributed by atoms with Crippen LogP contribution in [0.15, 0.2) is 45.3 Å². The van der Waals surface area contributed by atoms with Gasteiger partial charge in [0.25, 0.3) is 11.8 Å². The second kappa shape index (κ2) is 14.2. The van der Waals surface area contributed by atoms with Crippen molar-refractivity contribution in [1.82, 2.24) is 16.2 Å². The second-order valence-electron chi connectivity index (χ2n) is 7.20. The van der Waals surface area contributed by atoms with Crippen LogP contribution in [0.3, 0.4) is 0 Å². The Bertz CT molecular complexity index is 988. The highest BCUT2D eigenvalue weighted by Crippen LogP contribution is 2.24. The maximum absolute atomic E-state index is 12.7. The third-order valence-electron chi connectivity index (χ3n) is 4.48. The Labute approximate surface area is 216 Å². The fourth-order valence-corrected chi connectivity index (χ4v) is 3.78. The van der Waals surface area contributed by atoms with Crippen molar-refractivity contribution in [1.29, 1.82) is 0 Å².